The molecule has 1 amide bonds. The number of amides is 1. The number of halogens is 2. The zero-order valence-electron chi connectivity index (χ0n) is 9.65. The lowest BCUT2D eigenvalue weighted by molar-refractivity contribution is 0.102. The van der Waals surface area contributed by atoms with E-state index in [2.05, 4.69) is 21.2 Å². The Morgan fingerprint density at radius 1 is 1.26 bits per heavy atom. The summed E-state index contributed by atoms with van der Waals surface area (Å²) >= 11 is 9.28. The number of nitrogens with one attached hydrogen (secondary N) is 1. The van der Waals surface area contributed by atoms with E-state index in [1.165, 1.54) is 0 Å². The summed E-state index contributed by atoms with van der Waals surface area (Å²) in [4.78, 5) is 12.1. The molecule has 19 heavy (non-hydrogen) atoms. The second-order valence-electron chi connectivity index (χ2n) is 3.77. The first-order valence-corrected chi connectivity index (χ1v) is 6.54. The zero-order valence-corrected chi connectivity index (χ0v) is 12.0. The molecule has 0 aliphatic carbocycles. The number of carbonyl (C=O) groups excluding carboxylic acids is 1. The predicted octanol–water partition coefficient (Wildman–Crippen LogP) is 4.23. The largest absolute Gasteiger partial charge is 0.322 e. The summed E-state index contributed by atoms with van der Waals surface area (Å²) in [5.41, 5.74) is 1.43. The average molecular weight is 336 g/mol. The maximum atomic E-state index is 12.1. The molecule has 0 heterocycles. The van der Waals surface area contributed by atoms with E-state index in [0.29, 0.717) is 21.8 Å². The van der Waals surface area contributed by atoms with Crippen LogP contribution in [0.15, 0.2) is 46.9 Å². The third-order valence-electron chi connectivity index (χ3n) is 2.43. The lowest BCUT2D eigenvalue weighted by atomic mass is 10.2. The first kappa shape index (κ1) is 13.6. The SMILES string of the molecule is N#Cc1cccc(NC(=O)c2ccc(Br)cc2Cl)c1. The molecule has 0 saturated heterocycles. The van der Waals surface area contributed by atoms with E-state index in [1.54, 1.807) is 42.5 Å². The van der Waals surface area contributed by atoms with E-state index in [1.807, 2.05) is 6.07 Å². The fourth-order valence-corrected chi connectivity index (χ4v) is 2.30. The van der Waals surface area contributed by atoms with Crippen molar-refractivity contribution < 1.29 is 4.79 Å². The van der Waals surface area contributed by atoms with Gasteiger partial charge in [0, 0.05) is 10.2 Å². The van der Waals surface area contributed by atoms with Gasteiger partial charge in [0.05, 0.1) is 22.2 Å². The van der Waals surface area contributed by atoms with Gasteiger partial charge >= 0.3 is 0 Å². The lowest BCUT2D eigenvalue weighted by Gasteiger charge is -2.07. The number of benzene rings is 2. The standard InChI is InChI=1S/C14H8BrClN2O/c15-10-4-5-12(13(16)7-10)14(19)18-11-3-1-2-9(6-11)8-17/h1-7H,(H,18,19). The van der Waals surface area contributed by atoms with Gasteiger partial charge in [-0.2, -0.15) is 5.26 Å². The first-order valence-electron chi connectivity index (χ1n) is 5.37. The third kappa shape index (κ3) is 3.34. The first-order chi connectivity index (χ1) is 9.10. The Morgan fingerprint density at radius 3 is 2.74 bits per heavy atom. The van der Waals surface area contributed by atoms with Gasteiger partial charge in [0.1, 0.15) is 0 Å². The molecule has 2 rings (SSSR count). The summed E-state index contributed by atoms with van der Waals surface area (Å²) in [6.07, 6.45) is 0. The molecule has 0 unspecified atom stereocenters. The molecule has 0 radical (unpaired) electrons. The number of nitrogens with zero attached hydrogens (tertiary/aromatic N) is 1. The van der Waals surface area contributed by atoms with Gasteiger partial charge in [0.25, 0.3) is 5.91 Å². The number of carbonyl (C=O) groups is 1. The Hall–Kier alpha value is -1.83. The molecule has 0 bridgehead atoms. The van der Waals surface area contributed by atoms with E-state index < -0.39 is 0 Å². The molecule has 0 atom stereocenters. The van der Waals surface area contributed by atoms with Crippen molar-refractivity contribution in [2.45, 2.75) is 0 Å². The summed E-state index contributed by atoms with van der Waals surface area (Å²) in [5.74, 6) is -0.312. The van der Waals surface area contributed by atoms with Crippen molar-refractivity contribution in [3.63, 3.8) is 0 Å². The quantitative estimate of drug-likeness (QED) is 0.893. The fourth-order valence-electron chi connectivity index (χ4n) is 1.54. The maximum Gasteiger partial charge on any atom is 0.257 e. The van der Waals surface area contributed by atoms with Gasteiger partial charge in [-0.1, -0.05) is 33.6 Å². The Morgan fingerprint density at radius 2 is 2.05 bits per heavy atom. The lowest BCUT2D eigenvalue weighted by Crippen LogP contribution is -2.12. The Bertz CT molecular complexity index is 679. The van der Waals surface area contributed by atoms with E-state index >= 15 is 0 Å². The molecule has 94 valence electrons. The van der Waals surface area contributed by atoms with Gasteiger partial charge in [-0.05, 0) is 36.4 Å². The van der Waals surface area contributed by atoms with Gasteiger partial charge in [0.2, 0.25) is 0 Å². The van der Waals surface area contributed by atoms with Crippen LogP contribution in [0.2, 0.25) is 5.02 Å². The number of anilines is 1. The summed E-state index contributed by atoms with van der Waals surface area (Å²) in [7, 11) is 0. The van der Waals surface area contributed by atoms with Gasteiger partial charge in [-0.3, -0.25) is 4.79 Å². The van der Waals surface area contributed by atoms with Crippen LogP contribution in [0.1, 0.15) is 15.9 Å². The third-order valence-corrected chi connectivity index (χ3v) is 3.23. The Kier molecular flexibility index (Phi) is 4.20. The summed E-state index contributed by atoms with van der Waals surface area (Å²) in [5, 5.41) is 11.9. The topological polar surface area (TPSA) is 52.9 Å². The molecular formula is C14H8BrClN2O. The minimum Gasteiger partial charge on any atom is -0.322 e. The molecule has 0 spiro atoms. The van der Waals surface area contributed by atoms with Crippen molar-refractivity contribution >= 4 is 39.1 Å². The van der Waals surface area contributed by atoms with Crippen molar-refractivity contribution in [3.05, 3.63) is 63.1 Å². The number of hydrogen-bond donors (Lipinski definition) is 1. The molecule has 1 N–H and O–H groups in total. The van der Waals surface area contributed by atoms with Crippen LogP contribution < -0.4 is 5.32 Å². The number of nitriles is 1. The van der Waals surface area contributed by atoms with Crippen molar-refractivity contribution in [2.24, 2.45) is 0 Å². The van der Waals surface area contributed by atoms with Crippen LogP contribution in [-0.4, -0.2) is 5.91 Å². The summed E-state index contributed by atoms with van der Waals surface area (Å²) in [6, 6.07) is 13.7. The molecule has 5 heteroatoms. The molecular weight excluding hydrogens is 328 g/mol. The minimum absolute atomic E-state index is 0.312. The van der Waals surface area contributed by atoms with E-state index in [0.717, 1.165) is 4.47 Å². The molecule has 0 saturated carbocycles. The monoisotopic (exact) mass is 334 g/mol. The van der Waals surface area contributed by atoms with Crippen molar-refractivity contribution in [2.75, 3.05) is 5.32 Å². The molecule has 0 aliphatic heterocycles. The van der Waals surface area contributed by atoms with Crippen LogP contribution >= 0.6 is 27.5 Å². The van der Waals surface area contributed by atoms with Crippen LogP contribution in [0.5, 0.6) is 0 Å². The summed E-state index contributed by atoms with van der Waals surface area (Å²) in [6.45, 7) is 0. The van der Waals surface area contributed by atoms with Gasteiger partial charge in [0.15, 0.2) is 0 Å². The van der Waals surface area contributed by atoms with Gasteiger partial charge < -0.3 is 5.32 Å². The average Bonchev–Trinajstić information content (AvgIpc) is 2.38. The highest BCUT2D eigenvalue weighted by molar-refractivity contribution is 9.10. The van der Waals surface area contributed by atoms with Crippen LogP contribution in [-0.2, 0) is 0 Å². The summed E-state index contributed by atoms with van der Waals surface area (Å²) < 4.78 is 0.806. The highest BCUT2D eigenvalue weighted by atomic mass is 79.9. The highest BCUT2D eigenvalue weighted by Gasteiger charge is 2.10. The number of hydrogen-bond acceptors (Lipinski definition) is 2. The smallest absolute Gasteiger partial charge is 0.257 e. The normalized spacial score (nSPS) is 9.74. The highest BCUT2D eigenvalue weighted by Crippen LogP contribution is 2.22. The fraction of sp³-hybridized carbons (Fsp3) is 0. The second-order valence-corrected chi connectivity index (χ2v) is 5.09. The van der Waals surface area contributed by atoms with E-state index in [-0.39, 0.29) is 5.91 Å². The predicted molar refractivity (Wildman–Crippen MR) is 78.3 cm³/mol. The Labute approximate surface area is 123 Å². The van der Waals surface area contributed by atoms with Crippen LogP contribution in [0.4, 0.5) is 5.69 Å². The molecule has 0 aromatic heterocycles. The molecule has 2 aromatic carbocycles. The van der Waals surface area contributed by atoms with Gasteiger partial charge in [-0.15, -0.1) is 0 Å². The Balaban J connectivity index is 2.23. The van der Waals surface area contributed by atoms with Crippen LogP contribution in [0, 0.1) is 11.3 Å². The van der Waals surface area contributed by atoms with Crippen molar-refractivity contribution in [3.8, 4) is 6.07 Å². The van der Waals surface area contributed by atoms with Crippen LogP contribution in [0.25, 0.3) is 0 Å². The van der Waals surface area contributed by atoms with Crippen molar-refractivity contribution in [1.82, 2.24) is 0 Å². The van der Waals surface area contributed by atoms with Crippen molar-refractivity contribution in [1.29, 1.82) is 5.26 Å². The maximum absolute atomic E-state index is 12.1. The molecule has 0 fully saturated rings. The molecule has 2 aromatic rings. The van der Waals surface area contributed by atoms with Crippen LogP contribution in [0.3, 0.4) is 0 Å². The van der Waals surface area contributed by atoms with E-state index in [4.69, 9.17) is 16.9 Å². The number of rotatable bonds is 2. The van der Waals surface area contributed by atoms with E-state index in [9.17, 15) is 4.79 Å². The minimum atomic E-state index is -0.312. The molecule has 3 nitrogen and oxygen atoms in total. The second kappa shape index (κ2) is 5.87. The zero-order chi connectivity index (χ0) is 13.8. The van der Waals surface area contributed by atoms with Gasteiger partial charge in [-0.25, -0.2) is 0 Å². The molecule has 0 aliphatic rings.